The summed E-state index contributed by atoms with van der Waals surface area (Å²) < 4.78 is 0. The molecular weight excluding hydrogens is 403 g/mol. The number of hydrogen-bond acceptors (Lipinski definition) is 3. The van der Waals surface area contributed by atoms with Crippen molar-refractivity contribution < 1.29 is 5.11 Å². The van der Waals surface area contributed by atoms with E-state index in [4.69, 9.17) is 5.11 Å². The van der Waals surface area contributed by atoms with Crippen molar-refractivity contribution in [1.82, 2.24) is 15.6 Å². The van der Waals surface area contributed by atoms with Crippen LogP contribution in [0.15, 0.2) is 29.4 Å². The van der Waals surface area contributed by atoms with Gasteiger partial charge in [0, 0.05) is 44.6 Å². The van der Waals surface area contributed by atoms with Crippen molar-refractivity contribution in [3.63, 3.8) is 0 Å². The third kappa shape index (κ3) is 10.5. The molecule has 1 heterocycles. The molecule has 0 fully saturated rings. The molecule has 0 radical (unpaired) electrons. The van der Waals surface area contributed by atoms with Crippen LogP contribution in [0.2, 0.25) is 0 Å². The maximum atomic E-state index is 9.11. The smallest absolute Gasteiger partial charge is 0.191 e. The molecule has 0 saturated carbocycles. The van der Waals surface area contributed by atoms with Gasteiger partial charge in [0.25, 0.3) is 0 Å². The van der Waals surface area contributed by atoms with Crippen LogP contribution in [0, 0.1) is 5.92 Å². The van der Waals surface area contributed by atoms with Crippen molar-refractivity contribution in [2.24, 2.45) is 10.9 Å². The number of pyridine rings is 1. The van der Waals surface area contributed by atoms with Gasteiger partial charge in [-0.1, -0.05) is 19.4 Å². The van der Waals surface area contributed by atoms with Crippen LogP contribution in [0.5, 0.6) is 0 Å². The molecule has 0 spiro atoms. The van der Waals surface area contributed by atoms with E-state index < -0.39 is 0 Å². The number of nitrogens with one attached hydrogen (secondary N) is 2. The van der Waals surface area contributed by atoms with Crippen LogP contribution in [-0.4, -0.2) is 42.3 Å². The van der Waals surface area contributed by atoms with Crippen molar-refractivity contribution in [3.8, 4) is 0 Å². The predicted octanol–water partition coefficient (Wildman–Crippen LogP) is 2.60. The predicted molar refractivity (Wildman–Crippen MR) is 107 cm³/mol. The van der Waals surface area contributed by atoms with E-state index >= 15 is 0 Å². The van der Waals surface area contributed by atoms with Gasteiger partial charge in [-0.2, -0.15) is 0 Å². The molecule has 0 bridgehead atoms. The molecule has 1 aromatic heterocycles. The highest BCUT2D eigenvalue weighted by Crippen LogP contribution is 2.10. The number of aliphatic hydroxyl groups is 1. The second kappa shape index (κ2) is 14.7. The highest BCUT2D eigenvalue weighted by molar-refractivity contribution is 14.0. The summed E-state index contributed by atoms with van der Waals surface area (Å²) in [5, 5.41) is 15.7. The molecule has 6 heteroatoms. The summed E-state index contributed by atoms with van der Waals surface area (Å²) in [4.78, 5) is 8.96. The van der Waals surface area contributed by atoms with E-state index in [0.29, 0.717) is 5.92 Å². The molecule has 0 amide bonds. The van der Waals surface area contributed by atoms with Crippen molar-refractivity contribution in [2.45, 2.75) is 39.5 Å². The van der Waals surface area contributed by atoms with Crippen LogP contribution in [0.25, 0.3) is 0 Å². The number of halogens is 1. The van der Waals surface area contributed by atoms with Crippen molar-refractivity contribution in [1.29, 1.82) is 0 Å². The third-order valence-corrected chi connectivity index (χ3v) is 3.49. The van der Waals surface area contributed by atoms with E-state index in [1.165, 1.54) is 0 Å². The Morgan fingerprint density at radius 2 is 2.09 bits per heavy atom. The standard InChI is InChI=1S/C17H30N4O.HI/c1-3-7-15(10-13-22)14-21-17(18-4-2)20-12-9-16-8-5-6-11-19-16;/h5-6,8,11,15,22H,3-4,7,9-10,12-14H2,1-2H3,(H2,18,20,21);1H. The van der Waals surface area contributed by atoms with E-state index in [2.05, 4.69) is 34.5 Å². The topological polar surface area (TPSA) is 69.5 Å². The number of guanidine groups is 1. The summed E-state index contributed by atoms with van der Waals surface area (Å²) in [7, 11) is 0. The van der Waals surface area contributed by atoms with Gasteiger partial charge in [0.1, 0.15) is 0 Å². The van der Waals surface area contributed by atoms with Gasteiger partial charge in [-0.15, -0.1) is 24.0 Å². The minimum atomic E-state index is 0. The number of aromatic nitrogens is 1. The quantitative estimate of drug-likeness (QED) is 0.301. The first-order valence-electron chi connectivity index (χ1n) is 8.33. The molecule has 1 aromatic rings. The van der Waals surface area contributed by atoms with Gasteiger partial charge in [0.2, 0.25) is 0 Å². The zero-order chi connectivity index (χ0) is 16.0. The molecule has 1 atom stereocenters. The fourth-order valence-corrected chi connectivity index (χ4v) is 2.33. The summed E-state index contributed by atoms with van der Waals surface area (Å²) in [6.45, 7) is 6.88. The normalized spacial score (nSPS) is 12.4. The Balaban J connectivity index is 0.00000484. The van der Waals surface area contributed by atoms with Gasteiger partial charge in [0.05, 0.1) is 0 Å². The average molecular weight is 434 g/mol. The van der Waals surface area contributed by atoms with Crippen molar-refractivity contribution in [3.05, 3.63) is 30.1 Å². The Hall–Kier alpha value is -0.890. The van der Waals surface area contributed by atoms with Crippen LogP contribution in [0.3, 0.4) is 0 Å². The second-order valence-electron chi connectivity index (χ2n) is 5.38. The number of aliphatic hydroxyl groups excluding tert-OH is 1. The van der Waals surface area contributed by atoms with Gasteiger partial charge in [-0.3, -0.25) is 9.98 Å². The molecule has 3 N–H and O–H groups in total. The third-order valence-electron chi connectivity index (χ3n) is 3.49. The lowest BCUT2D eigenvalue weighted by Gasteiger charge is -2.15. The fourth-order valence-electron chi connectivity index (χ4n) is 2.33. The Kier molecular flexibility index (Phi) is 14.1. The molecule has 0 aliphatic heterocycles. The summed E-state index contributed by atoms with van der Waals surface area (Å²) in [6.07, 6.45) is 5.76. The van der Waals surface area contributed by atoms with Gasteiger partial charge in [-0.25, -0.2) is 0 Å². The fraction of sp³-hybridized carbons (Fsp3) is 0.647. The Labute approximate surface area is 157 Å². The first kappa shape index (κ1) is 22.1. The average Bonchev–Trinajstić information content (AvgIpc) is 2.54. The zero-order valence-corrected chi connectivity index (χ0v) is 16.6. The van der Waals surface area contributed by atoms with Gasteiger partial charge < -0.3 is 15.7 Å². The van der Waals surface area contributed by atoms with Crippen LogP contribution < -0.4 is 10.6 Å². The largest absolute Gasteiger partial charge is 0.396 e. The van der Waals surface area contributed by atoms with Crippen LogP contribution >= 0.6 is 24.0 Å². The molecule has 23 heavy (non-hydrogen) atoms. The number of nitrogens with zero attached hydrogens (tertiary/aromatic N) is 2. The highest BCUT2D eigenvalue weighted by atomic mass is 127. The molecule has 5 nitrogen and oxygen atoms in total. The lowest BCUT2D eigenvalue weighted by Crippen LogP contribution is -2.38. The first-order valence-corrected chi connectivity index (χ1v) is 8.33. The lowest BCUT2D eigenvalue weighted by atomic mass is 10.0. The van der Waals surface area contributed by atoms with Crippen molar-refractivity contribution >= 4 is 29.9 Å². The molecule has 1 rings (SSSR count). The molecule has 0 aromatic carbocycles. The molecular formula is C17H31IN4O. The van der Waals surface area contributed by atoms with Gasteiger partial charge >= 0.3 is 0 Å². The minimum Gasteiger partial charge on any atom is -0.396 e. The Morgan fingerprint density at radius 1 is 1.26 bits per heavy atom. The van der Waals surface area contributed by atoms with E-state index in [9.17, 15) is 0 Å². The van der Waals surface area contributed by atoms with Gasteiger partial charge in [0.15, 0.2) is 5.96 Å². The van der Waals surface area contributed by atoms with E-state index in [1.54, 1.807) is 0 Å². The van der Waals surface area contributed by atoms with Crippen molar-refractivity contribution in [2.75, 3.05) is 26.2 Å². The lowest BCUT2D eigenvalue weighted by molar-refractivity contribution is 0.253. The molecule has 0 saturated heterocycles. The summed E-state index contributed by atoms with van der Waals surface area (Å²) in [5.74, 6) is 1.30. The molecule has 132 valence electrons. The van der Waals surface area contributed by atoms with E-state index in [1.807, 2.05) is 24.4 Å². The number of hydrogen-bond donors (Lipinski definition) is 3. The van der Waals surface area contributed by atoms with E-state index in [0.717, 1.165) is 57.0 Å². The minimum absolute atomic E-state index is 0. The van der Waals surface area contributed by atoms with Crippen LogP contribution in [-0.2, 0) is 6.42 Å². The maximum Gasteiger partial charge on any atom is 0.191 e. The SMILES string of the molecule is CCCC(CCO)CN=C(NCC)NCCc1ccccn1.I. The Morgan fingerprint density at radius 3 is 2.70 bits per heavy atom. The van der Waals surface area contributed by atoms with E-state index in [-0.39, 0.29) is 30.6 Å². The Bertz CT molecular complexity index is 408. The van der Waals surface area contributed by atoms with Gasteiger partial charge in [-0.05, 0) is 37.8 Å². The molecule has 0 aliphatic rings. The monoisotopic (exact) mass is 434 g/mol. The van der Waals surface area contributed by atoms with Crippen LogP contribution in [0.1, 0.15) is 38.8 Å². The zero-order valence-electron chi connectivity index (χ0n) is 14.3. The number of rotatable bonds is 10. The highest BCUT2D eigenvalue weighted by Gasteiger charge is 2.07. The summed E-state index contributed by atoms with van der Waals surface area (Å²) in [5.41, 5.74) is 1.08. The molecule has 0 aliphatic carbocycles. The van der Waals surface area contributed by atoms with Crippen LogP contribution in [0.4, 0.5) is 0 Å². The summed E-state index contributed by atoms with van der Waals surface area (Å²) in [6, 6.07) is 5.97. The summed E-state index contributed by atoms with van der Waals surface area (Å²) >= 11 is 0. The maximum absolute atomic E-state index is 9.11. The second-order valence-corrected chi connectivity index (χ2v) is 5.38. The number of aliphatic imine (C=N–C) groups is 1. The molecule has 1 unspecified atom stereocenters. The first-order chi connectivity index (χ1) is 10.8.